The minimum Gasteiger partial charge on any atom is -0.481 e. The van der Waals surface area contributed by atoms with Gasteiger partial charge in [-0.15, -0.1) is 0 Å². The van der Waals surface area contributed by atoms with Gasteiger partial charge in [-0.1, -0.05) is 32.9 Å². The maximum Gasteiger partial charge on any atom is 0.303 e. The molecule has 1 N–H and O–H groups in total. The third kappa shape index (κ3) is 6.29. The van der Waals surface area contributed by atoms with Crippen LogP contribution < -0.4 is 0 Å². The normalized spacial score (nSPS) is 9.41. The van der Waals surface area contributed by atoms with Crippen LogP contribution in [0.5, 0.6) is 0 Å². The molecule has 0 bridgehead atoms. The third-order valence-electron chi connectivity index (χ3n) is 2.07. The molecule has 1 aromatic rings. The van der Waals surface area contributed by atoms with Crippen LogP contribution in [0.1, 0.15) is 38.7 Å². The minimum atomic E-state index is -0.745. The lowest BCUT2D eigenvalue weighted by Crippen LogP contribution is -1.90. The van der Waals surface area contributed by atoms with Crippen molar-refractivity contribution >= 4 is 11.7 Å². The van der Waals surface area contributed by atoms with Gasteiger partial charge in [-0.25, -0.2) is 0 Å². The number of benzene rings is 1. The van der Waals surface area contributed by atoms with Crippen LogP contribution in [0.25, 0.3) is 0 Å². The fourth-order valence-corrected chi connectivity index (χ4v) is 0.981. The highest BCUT2D eigenvalue weighted by molar-refractivity contribution is 5.66. The van der Waals surface area contributed by atoms with Gasteiger partial charge >= 0.3 is 5.97 Å². The van der Waals surface area contributed by atoms with Gasteiger partial charge < -0.3 is 5.11 Å². The van der Waals surface area contributed by atoms with Crippen LogP contribution in [0, 0.1) is 10.1 Å². The van der Waals surface area contributed by atoms with Crippen LogP contribution in [0.4, 0.5) is 5.69 Å². The first-order valence-electron chi connectivity index (χ1n) is 5.34. The van der Waals surface area contributed by atoms with E-state index in [1.165, 1.54) is 12.1 Å². The zero-order chi connectivity index (χ0) is 13.4. The molecular weight excluding hydrogens is 222 g/mol. The summed E-state index contributed by atoms with van der Waals surface area (Å²) >= 11 is 0. The summed E-state index contributed by atoms with van der Waals surface area (Å²) < 4.78 is 0. The van der Waals surface area contributed by atoms with E-state index >= 15 is 0 Å². The molecule has 0 saturated heterocycles. The number of non-ortho nitro benzene ring substituents is 1. The number of hydrogen-bond donors (Lipinski definition) is 1. The van der Waals surface area contributed by atoms with Gasteiger partial charge in [0, 0.05) is 18.6 Å². The predicted molar refractivity (Wildman–Crippen MR) is 65.1 cm³/mol. The van der Waals surface area contributed by atoms with Gasteiger partial charge in [0.1, 0.15) is 0 Å². The lowest BCUT2D eigenvalue weighted by Gasteiger charge is -2.02. The molecule has 0 aliphatic heterocycles. The maximum atomic E-state index is 10.3. The Morgan fingerprint density at radius 1 is 1.35 bits per heavy atom. The molecular formula is C12H17NO4. The first kappa shape index (κ1) is 15.1. The Labute approximate surface area is 100 Å². The predicted octanol–water partition coefficient (Wildman–Crippen LogP) is 3.20. The standard InChI is InChI=1S/C9H11NO2.C3H6O2/c1-7(2)8-3-5-9(6-4-8)10(11)12;1-2-3(4)5/h3-7H,1-2H3;2H2,1H3,(H,4,5). The summed E-state index contributed by atoms with van der Waals surface area (Å²) in [5.74, 6) is -0.323. The quantitative estimate of drug-likeness (QED) is 0.648. The molecule has 0 spiro atoms. The fourth-order valence-electron chi connectivity index (χ4n) is 0.981. The molecule has 5 nitrogen and oxygen atoms in total. The van der Waals surface area contributed by atoms with Crippen LogP contribution in [0.15, 0.2) is 24.3 Å². The number of carboxylic acid groups (broad SMARTS) is 1. The first-order chi connectivity index (χ1) is 7.88. The van der Waals surface area contributed by atoms with E-state index in [9.17, 15) is 14.9 Å². The summed E-state index contributed by atoms with van der Waals surface area (Å²) in [7, 11) is 0. The van der Waals surface area contributed by atoms with Gasteiger partial charge in [0.2, 0.25) is 0 Å². The minimum absolute atomic E-state index is 0.152. The highest BCUT2D eigenvalue weighted by Crippen LogP contribution is 2.17. The van der Waals surface area contributed by atoms with Crippen molar-refractivity contribution in [3.8, 4) is 0 Å². The van der Waals surface area contributed by atoms with Gasteiger partial charge in [0.25, 0.3) is 5.69 Å². The van der Waals surface area contributed by atoms with Crippen molar-refractivity contribution in [2.45, 2.75) is 33.1 Å². The Bertz CT molecular complexity index is 371. The average Bonchev–Trinajstić information content (AvgIpc) is 2.29. The Hall–Kier alpha value is -1.91. The lowest BCUT2D eigenvalue weighted by molar-refractivity contribution is -0.384. The number of aliphatic carboxylic acids is 1. The largest absolute Gasteiger partial charge is 0.481 e. The number of nitro benzene ring substituents is 1. The number of hydrogen-bond acceptors (Lipinski definition) is 3. The van der Waals surface area contributed by atoms with E-state index in [4.69, 9.17) is 5.11 Å². The molecule has 0 saturated carbocycles. The molecule has 0 atom stereocenters. The summed E-state index contributed by atoms with van der Waals surface area (Å²) in [6, 6.07) is 6.66. The Morgan fingerprint density at radius 2 is 1.76 bits per heavy atom. The van der Waals surface area contributed by atoms with Crippen molar-refractivity contribution in [3.05, 3.63) is 39.9 Å². The fraction of sp³-hybridized carbons (Fsp3) is 0.417. The molecule has 0 fully saturated rings. The van der Waals surface area contributed by atoms with Gasteiger partial charge in [-0.3, -0.25) is 14.9 Å². The zero-order valence-electron chi connectivity index (χ0n) is 10.2. The topological polar surface area (TPSA) is 80.4 Å². The Balaban J connectivity index is 0.000000437. The summed E-state index contributed by atoms with van der Waals surface area (Å²) in [6.45, 7) is 5.71. The summed E-state index contributed by atoms with van der Waals surface area (Å²) in [4.78, 5) is 19.3. The molecule has 0 aliphatic carbocycles. The third-order valence-corrected chi connectivity index (χ3v) is 2.07. The van der Waals surface area contributed by atoms with E-state index in [1.807, 2.05) is 0 Å². The maximum absolute atomic E-state index is 10.3. The molecule has 1 aromatic carbocycles. The van der Waals surface area contributed by atoms with E-state index in [0.29, 0.717) is 5.92 Å². The number of nitro groups is 1. The molecule has 5 heteroatoms. The van der Waals surface area contributed by atoms with Crippen LogP contribution in [-0.4, -0.2) is 16.0 Å². The molecule has 0 radical (unpaired) electrons. The van der Waals surface area contributed by atoms with Crippen molar-refractivity contribution in [3.63, 3.8) is 0 Å². The monoisotopic (exact) mass is 239 g/mol. The van der Waals surface area contributed by atoms with Crippen LogP contribution in [0.3, 0.4) is 0 Å². The van der Waals surface area contributed by atoms with Crippen LogP contribution in [0.2, 0.25) is 0 Å². The zero-order valence-corrected chi connectivity index (χ0v) is 10.2. The molecule has 0 amide bonds. The molecule has 0 aliphatic rings. The molecule has 0 aromatic heterocycles. The molecule has 94 valence electrons. The Morgan fingerprint density at radius 3 is 2.00 bits per heavy atom. The number of carbonyl (C=O) groups is 1. The van der Waals surface area contributed by atoms with E-state index in [0.717, 1.165) is 5.56 Å². The summed E-state index contributed by atoms with van der Waals surface area (Å²) in [5, 5.41) is 18.0. The molecule has 0 unspecified atom stereocenters. The van der Waals surface area contributed by atoms with Crippen molar-refractivity contribution in [2.24, 2.45) is 0 Å². The van der Waals surface area contributed by atoms with Gasteiger partial charge in [-0.05, 0) is 11.5 Å². The Kier molecular flexibility index (Phi) is 6.55. The van der Waals surface area contributed by atoms with E-state index < -0.39 is 5.97 Å². The summed E-state index contributed by atoms with van der Waals surface area (Å²) in [6.07, 6.45) is 0.222. The van der Waals surface area contributed by atoms with E-state index in [2.05, 4.69) is 13.8 Å². The summed E-state index contributed by atoms with van der Waals surface area (Å²) in [5.41, 5.74) is 1.28. The molecule has 17 heavy (non-hydrogen) atoms. The van der Waals surface area contributed by atoms with Gasteiger partial charge in [0.15, 0.2) is 0 Å². The van der Waals surface area contributed by atoms with Crippen molar-refractivity contribution in [2.75, 3.05) is 0 Å². The second kappa shape index (κ2) is 7.38. The lowest BCUT2D eigenvalue weighted by atomic mass is 10.0. The van der Waals surface area contributed by atoms with Crippen molar-refractivity contribution in [1.82, 2.24) is 0 Å². The second-order valence-electron chi connectivity index (χ2n) is 3.75. The smallest absolute Gasteiger partial charge is 0.303 e. The van der Waals surface area contributed by atoms with E-state index in [-0.39, 0.29) is 17.0 Å². The highest BCUT2D eigenvalue weighted by Gasteiger charge is 2.04. The first-order valence-corrected chi connectivity index (χ1v) is 5.34. The number of nitrogens with zero attached hydrogens (tertiary/aromatic N) is 1. The number of rotatable bonds is 3. The van der Waals surface area contributed by atoms with Crippen LogP contribution >= 0.6 is 0 Å². The number of carboxylic acids is 1. The molecule has 1 rings (SSSR count). The highest BCUT2D eigenvalue weighted by atomic mass is 16.6. The van der Waals surface area contributed by atoms with Gasteiger partial charge in [-0.2, -0.15) is 0 Å². The van der Waals surface area contributed by atoms with Crippen molar-refractivity contribution < 1.29 is 14.8 Å². The SMILES string of the molecule is CC(C)c1ccc([N+](=O)[O-])cc1.CCC(=O)O. The van der Waals surface area contributed by atoms with E-state index in [1.54, 1.807) is 19.1 Å². The van der Waals surface area contributed by atoms with Crippen molar-refractivity contribution in [1.29, 1.82) is 0 Å². The molecule has 0 heterocycles. The second-order valence-corrected chi connectivity index (χ2v) is 3.75. The average molecular weight is 239 g/mol. The van der Waals surface area contributed by atoms with Crippen LogP contribution in [-0.2, 0) is 4.79 Å². The van der Waals surface area contributed by atoms with Gasteiger partial charge in [0.05, 0.1) is 4.92 Å².